The Bertz CT molecular complexity index is 398. The summed E-state index contributed by atoms with van der Waals surface area (Å²) in [5.74, 6) is 0. The van der Waals surface area contributed by atoms with Crippen LogP contribution in [0.2, 0.25) is 0 Å². The Balaban J connectivity index is 2.41. The summed E-state index contributed by atoms with van der Waals surface area (Å²) in [7, 11) is 1.90. The molecule has 0 saturated heterocycles. The fourth-order valence-electron chi connectivity index (χ4n) is 1.25. The van der Waals surface area contributed by atoms with Crippen LogP contribution in [0, 0.1) is 13.1 Å². The highest BCUT2D eigenvalue weighted by Crippen LogP contribution is 2.17. The van der Waals surface area contributed by atoms with Crippen molar-refractivity contribution >= 4 is 0 Å². The molecule has 2 rings (SSSR count). The number of benzene rings is 1. The Morgan fingerprint density at radius 2 is 1.92 bits per heavy atom. The SMILES string of the molecule is Cc1ccc(-c2[c]nn(C)c2)cc1. The van der Waals surface area contributed by atoms with Gasteiger partial charge in [0.1, 0.15) is 6.20 Å². The lowest BCUT2D eigenvalue weighted by molar-refractivity contribution is 0.765. The van der Waals surface area contributed by atoms with E-state index in [2.05, 4.69) is 42.5 Å². The van der Waals surface area contributed by atoms with Crippen LogP contribution in [0.15, 0.2) is 30.5 Å². The monoisotopic (exact) mass is 171 g/mol. The van der Waals surface area contributed by atoms with Gasteiger partial charge in [-0.05, 0) is 12.5 Å². The van der Waals surface area contributed by atoms with Crippen LogP contribution in [0.4, 0.5) is 0 Å². The summed E-state index contributed by atoms with van der Waals surface area (Å²) in [6.45, 7) is 2.08. The third kappa shape index (κ3) is 1.61. The van der Waals surface area contributed by atoms with E-state index in [-0.39, 0.29) is 0 Å². The summed E-state index contributed by atoms with van der Waals surface area (Å²) in [5.41, 5.74) is 3.48. The zero-order valence-corrected chi connectivity index (χ0v) is 7.78. The largest absolute Gasteiger partial charge is 0.274 e. The number of aryl methyl sites for hydroxylation is 2. The lowest BCUT2D eigenvalue weighted by atomic mass is 10.1. The maximum atomic E-state index is 4.01. The highest BCUT2D eigenvalue weighted by molar-refractivity contribution is 5.61. The molecule has 0 bridgehead atoms. The molecule has 2 aromatic rings. The van der Waals surface area contributed by atoms with E-state index >= 15 is 0 Å². The van der Waals surface area contributed by atoms with E-state index in [4.69, 9.17) is 0 Å². The van der Waals surface area contributed by atoms with Crippen molar-refractivity contribution < 1.29 is 0 Å². The number of aromatic nitrogens is 2. The molecule has 0 aliphatic carbocycles. The van der Waals surface area contributed by atoms with E-state index in [1.54, 1.807) is 4.68 Å². The molecule has 0 saturated carbocycles. The standard InChI is InChI=1S/C11H11N2/c1-9-3-5-10(6-4-9)11-7-12-13(2)8-11/h3-6,8H,1-2H3. The summed E-state index contributed by atoms with van der Waals surface area (Å²) in [6, 6.07) is 8.36. The first-order chi connectivity index (χ1) is 6.25. The van der Waals surface area contributed by atoms with Gasteiger partial charge in [0, 0.05) is 18.8 Å². The third-order valence-corrected chi connectivity index (χ3v) is 2.01. The minimum Gasteiger partial charge on any atom is -0.274 e. The number of nitrogens with zero attached hydrogens (tertiary/aromatic N) is 2. The van der Waals surface area contributed by atoms with Crippen molar-refractivity contribution in [1.82, 2.24) is 9.78 Å². The smallest absolute Gasteiger partial charge is 0.121 e. The van der Waals surface area contributed by atoms with Crippen molar-refractivity contribution in [2.24, 2.45) is 7.05 Å². The van der Waals surface area contributed by atoms with E-state index in [0.29, 0.717) is 0 Å². The first-order valence-electron chi connectivity index (χ1n) is 4.24. The van der Waals surface area contributed by atoms with E-state index in [1.807, 2.05) is 13.2 Å². The van der Waals surface area contributed by atoms with Crippen molar-refractivity contribution in [2.45, 2.75) is 6.92 Å². The molecule has 0 amide bonds. The van der Waals surface area contributed by atoms with Gasteiger partial charge in [-0.15, -0.1) is 0 Å². The quantitative estimate of drug-likeness (QED) is 0.643. The first kappa shape index (κ1) is 8.05. The Kier molecular flexibility index (Phi) is 1.89. The zero-order chi connectivity index (χ0) is 9.26. The molecule has 2 nitrogen and oxygen atoms in total. The minimum atomic E-state index is 1.04. The molecule has 0 aliphatic rings. The molecule has 0 N–H and O–H groups in total. The van der Waals surface area contributed by atoms with Crippen LogP contribution in [-0.2, 0) is 7.05 Å². The maximum Gasteiger partial charge on any atom is 0.121 e. The van der Waals surface area contributed by atoms with Crippen molar-refractivity contribution in [1.29, 1.82) is 0 Å². The Morgan fingerprint density at radius 1 is 1.23 bits per heavy atom. The Hall–Kier alpha value is -1.57. The third-order valence-electron chi connectivity index (χ3n) is 2.01. The first-order valence-corrected chi connectivity index (χ1v) is 4.24. The number of rotatable bonds is 1. The molecule has 13 heavy (non-hydrogen) atoms. The van der Waals surface area contributed by atoms with E-state index in [1.165, 1.54) is 11.1 Å². The molecule has 0 fully saturated rings. The van der Waals surface area contributed by atoms with Gasteiger partial charge < -0.3 is 0 Å². The minimum absolute atomic E-state index is 1.04. The van der Waals surface area contributed by atoms with Gasteiger partial charge in [-0.25, -0.2) is 0 Å². The molecular formula is C11H11N2. The lowest BCUT2D eigenvalue weighted by Crippen LogP contribution is -1.84. The summed E-state index contributed by atoms with van der Waals surface area (Å²) < 4.78 is 1.76. The summed E-state index contributed by atoms with van der Waals surface area (Å²) >= 11 is 0. The summed E-state index contributed by atoms with van der Waals surface area (Å²) in [4.78, 5) is 0. The fraction of sp³-hybridized carbons (Fsp3) is 0.182. The highest BCUT2D eigenvalue weighted by Gasteiger charge is 1.99. The van der Waals surface area contributed by atoms with Crippen LogP contribution in [0.3, 0.4) is 0 Å². The predicted octanol–water partition coefficient (Wildman–Crippen LogP) is 2.20. The lowest BCUT2D eigenvalue weighted by Gasteiger charge is -1.96. The molecule has 1 aromatic heterocycles. The van der Waals surface area contributed by atoms with Crippen LogP contribution in [0.1, 0.15) is 5.56 Å². The Labute approximate surface area is 77.8 Å². The van der Waals surface area contributed by atoms with Gasteiger partial charge in [0.25, 0.3) is 0 Å². The molecule has 0 unspecified atom stereocenters. The molecule has 0 atom stereocenters. The van der Waals surface area contributed by atoms with E-state index < -0.39 is 0 Å². The molecule has 65 valence electrons. The van der Waals surface area contributed by atoms with Crippen molar-refractivity contribution in [3.05, 3.63) is 42.2 Å². The summed E-state index contributed by atoms with van der Waals surface area (Å²) in [6.07, 6.45) is 4.92. The van der Waals surface area contributed by atoms with Crippen LogP contribution in [-0.4, -0.2) is 9.78 Å². The molecule has 0 spiro atoms. The van der Waals surface area contributed by atoms with Crippen LogP contribution in [0.25, 0.3) is 11.1 Å². The normalized spacial score (nSPS) is 10.3. The van der Waals surface area contributed by atoms with Crippen molar-refractivity contribution in [3.63, 3.8) is 0 Å². The van der Waals surface area contributed by atoms with Gasteiger partial charge in [-0.2, -0.15) is 5.10 Å². The second kappa shape index (κ2) is 3.05. The van der Waals surface area contributed by atoms with Crippen LogP contribution >= 0.6 is 0 Å². The molecule has 1 radical (unpaired) electrons. The second-order valence-corrected chi connectivity index (χ2v) is 3.19. The molecule has 1 aromatic carbocycles. The molecular weight excluding hydrogens is 160 g/mol. The van der Waals surface area contributed by atoms with E-state index in [0.717, 1.165) is 5.56 Å². The van der Waals surface area contributed by atoms with Gasteiger partial charge in [0.2, 0.25) is 0 Å². The maximum absolute atomic E-state index is 4.01. The average molecular weight is 171 g/mol. The average Bonchev–Trinajstić information content (AvgIpc) is 2.53. The summed E-state index contributed by atoms with van der Waals surface area (Å²) in [5, 5.41) is 4.01. The zero-order valence-electron chi connectivity index (χ0n) is 7.78. The number of hydrogen-bond acceptors (Lipinski definition) is 1. The van der Waals surface area contributed by atoms with Crippen molar-refractivity contribution in [2.75, 3.05) is 0 Å². The second-order valence-electron chi connectivity index (χ2n) is 3.19. The molecule has 2 heteroatoms. The van der Waals surface area contributed by atoms with Gasteiger partial charge in [0.15, 0.2) is 0 Å². The molecule has 0 aliphatic heterocycles. The fourth-order valence-corrected chi connectivity index (χ4v) is 1.25. The molecule has 1 heterocycles. The van der Waals surface area contributed by atoms with Gasteiger partial charge in [-0.1, -0.05) is 29.8 Å². The van der Waals surface area contributed by atoms with Crippen LogP contribution < -0.4 is 0 Å². The van der Waals surface area contributed by atoms with Gasteiger partial charge in [-0.3, -0.25) is 4.68 Å². The highest BCUT2D eigenvalue weighted by atomic mass is 15.2. The van der Waals surface area contributed by atoms with Gasteiger partial charge >= 0.3 is 0 Å². The van der Waals surface area contributed by atoms with Crippen LogP contribution in [0.5, 0.6) is 0 Å². The van der Waals surface area contributed by atoms with Gasteiger partial charge in [0.05, 0.1) is 0 Å². The number of hydrogen-bond donors (Lipinski definition) is 0. The predicted molar refractivity (Wildman–Crippen MR) is 52.2 cm³/mol. The van der Waals surface area contributed by atoms with E-state index in [9.17, 15) is 0 Å². The Morgan fingerprint density at radius 3 is 2.46 bits per heavy atom. The topological polar surface area (TPSA) is 17.8 Å². The van der Waals surface area contributed by atoms with Crippen molar-refractivity contribution in [3.8, 4) is 11.1 Å².